The van der Waals surface area contributed by atoms with Gasteiger partial charge in [0.15, 0.2) is 46.0 Å². The van der Waals surface area contributed by atoms with Crippen molar-refractivity contribution in [3.05, 3.63) is 95.1 Å². The first-order valence-corrected chi connectivity index (χ1v) is 17.3. The fourth-order valence-corrected chi connectivity index (χ4v) is 8.17. The Morgan fingerprint density at radius 3 is 1.13 bits per heavy atom. The number of ether oxygens (including phenoxy) is 9. The molecule has 0 radical (unpaired) electrons. The normalized spacial score (nSPS) is 28.1. The van der Waals surface area contributed by atoms with Crippen molar-refractivity contribution in [2.75, 3.05) is 54.5 Å². The fourth-order valence-electron chi connectivity index (χ4n) is 8.17. The van der Waals surface area contributed by atoms with Gasteiger partial charge in [0.1, 0.15) is 0 Å². The van der Waals surface area contributed by atoms with Crippen molar-refractivity contribution in [1.82, 2.24) is 0 Å². The Balaban J connectivity index is 0.000000149. The largest absolute Gasteiger partial charge is 0.504 e. The van der Waals surface area contributed by atoms with E-state index < -0.39 is 0 Å². The summed E-state index contributed by atoms with van der Waals surface area (Å²) in [5.41, 5.74) is 4.04. The molecular weight excluding hydrogens is 672 g/mol. The van der Waals surface area contributed by atoms with Gasteiger partial charge < -0.3 is 58.0 Å². The molecule has 8 atom stereocenters. The maximum absolute atomic E-state index is 9.82. The topological polar surface area (TPSA) is 144 Å². The molecule has 3 N–H and O–H groups in total. The van der Waals surface area contributed by atoms with Gasteiger partial charge in [0.05, 0.1) is 72.2 Å². The van der Waals surface area contributed by atoms with Gasteiger partial charge in [0.25, 0.3) is 0 Å². The molecule has 5 aliphatic rings. The van der Waals surface area contributed by atoms with Crippen LogP contribution in [-0.4, -0.2) is 69.9 Å². The predicted octanol–water partition coefficient (Wildman–Crippen LogP) is 6.39. The van der Waals surface area contributed by atoms with Crippen molar-refractivity contribution in [2.45, 2.75) is 24.4 Å². The van der Waals surface area contributed by atoms with Crippen LogP contribution in [0.2, 0.25) is 0 Å². The molecular formula is C40H42O12. The van der Waals surface area contributed by atoms with E-state index in [1.165, 1.54) is 14.2 Å². The SMILES string of the molecule is COc1cc(C2OCC3C(c4ccc(O)c(OC)c4)OCC23)ccc1O.COc1cc(C2OCC3C(c4ccc5c(c4)OCO5)OCC23)ccc1O. The number of phenolic OH excluding ortho intramolecular Hbond substituents is 3. The molecule has 52 heavy (non-hydrogen) atoms. The average Bonchev–Trinajstić information content (AvgIpc) is 4.00. The van der Waals surface area contributed by atoms with Crippen LogP contribution in [0.25, 0.3) is 0 Å². The molecule has 4 fully saturated rings. The Labute approximate surface area is 301 Å². The molecule has 5 heterocycles. The van der Waals surface area contributed by atoms with Crippen LogP contribution in [0, 0.1) is 23.7 Å². The molecule has 4 aromatic rings. The third kappa shape index (κ3) is 6.19. The van der Waals surface area contributed by atoms with Gasteiger partial charge in [-0.05, 0) is 70.8 Å². The Hall–Kier alpha value is -4.88. The molecule has 12 nitrogen and oxygen atoms in total. The zero-order valence-corrected chi connectivity index (χ0v) is 29.1. The van der Waals surface area contributed by atoms with Gasteiger partial charge in [-0.25, -0.2) is 0 Å². The highest BCUT2D eigenvalue weighted by Crippen LogP contribution is 2.53. The number of methoxy groups -OCH3 is 3. The van der Waals surface area contributed by atoms with Gasteiger partial charge in [-0.15, -0.1) is 0 Å². The molecule has 0 aromatic heterocycles. The molecule has 4 saturated heterocycles. The maximum Gasteiger partial charge on any atom is 0.231 e. The highest BCUT2D eigenvalue weighted by molar-refractivity contribution is 5.47. The second-order valence-corrected chi connectivity index (χ2v) is 13.6. The van der Waals surface area contributed by atoms with Gasteiger partial charge >= 0.3 is 0 Å². The predicted molar refractivity (Wildman–Crippen MR) is 185 cm³/mol. The van der Waals surface area contributed by atoms with Gasteiger partial charge in [0.2, 0.25) is 6.79 Å². The number of hydrogen-bond donors (Lipinski definition) is 3. The summed E-state index contributed by atoms with van der Waals surface area (Å²) in [5.74, 6) is 4.22. The zero-order valence-electron chi connectivity index (χ0n) is 29.1. The average molecular weight is 715 g/mol. The maximum atomic E-state index is 9.82. The number of fused-ring (bicyclic) bond motifs is 3. The second-order valence-electron chi connectivity index (χ2n) is 13.6. The Morgan fingerprint density at radius 1 is 0.442 bits per heavy atom. The van der Waals surface area contributed by atoms with Gasteiger partial charge in [-0.3, -0.25) is 0 Å². The molecule has 274 valence electrons. The van der Waals surface area contributed by atoms with Crippen LogP contribution >= 0.6 is 0 Å². The lowest BCUT2D eigenvalue weighted by Crippen LogP contribution is -2.14. The quantitative estimate of drug-likeness (QED) is 0.195. The monoisotopic (exact) mass is 714 g/mol. The van der Waals surface area contributed by atoms with Gasteiger partial charge in [-0.1, -0.05) is 24.3 Å². The molecule has 4 aromatic carbocycles. The number of benzene rings is 4. The van der Waals surface area contributed by atoms with E-state index in [0.29, 0.717) is 43.7 Å². The van der Waals surface area contributed by atoms with Crippen molar-refractivity contribution in [2.24, 2.45) is 23.7 Å². The summed E-state index contributed by atoms with van der Waals surface area (Å²) in [7, 11) is 4.61. The third-order valence-electron chi connectivity index (χ3n) is 10.9. The van der Waals surface area contributed by atoms with Crippen molar-refractivity contribution >= 4 is 0 Å². The summed E-state index contributed by atoms with van der Waals surface area (Å²) in [6.07, 6.45) is -0.274. The van der Waals surface area contributed by atoms with Gasteiger partial charge in [-0.2, -0.15) is 0 Å². The minimum Gasteiger partial charge on any atom is -0.504 e. The lowest BCUT2D eigenvalue weighted by Gasteiger charge is -2.18. The van der Waals surface area contributed by atoms with Crippen LogP contribution in [0.3, 0.4) is 0 Å². The fraction of sp³-hybridized carbons (Fsp3) is 0.400. The molecule has 12 heteroatoms. The van der Waals surface area contributed by atoms with Crippen molar-refractivity contribution in [3.8, 4) is 46.0 Å². The highest BCUT2D eigenvalue weighted by Gasteiger charge is 2.49. The van der Waals surface area contributed by atoms with E-state index in [4.69, 9.17) is 42.6 Å². The molecule has 0 amide bonds. The summed E-state index contributed by atoms with van der Waals surface area (Å²) in [5, 5.41) is 29.4. The first-order valence-electron chi connectivity index (χ1n) is 17.3. The minimum atomic E-state index is -0.0986. The van der Waals surface area contributed by atoms with Gasteiger partial charge in [0, 0.05) is 23.7 Å². The van der Waals surface area contributed by atoms with E-state index in [1.807, 2.05) is 54.6 Å². The molecule has 5 aliphatic heterocycles. The molecule has 0 bridgehead atoms. The van der Waals surface area contributed by atoms with E-state index in [2.05, 4.69) is 0 Å². The molecule has 9 rings (SSSR count). The summed E-state index contributed by atoms with van der Waals surface area (Å²) in [4.78, 5) is 0. The summed E-state index contributed by atoms with van der Waals surface area (Å²) in [6, 6.07) is 22.0. The number of aromatic hydroxyl groups is 3. The Morgan fingerprint density at radius 2 is 0.769 bits per heavy atom. The molecule has 0 spiro atoms. The summed E-state index contributed by atoms with van der Waals surface area (Å²) < 4.78 is 50.9. The van der Waals surface area contributed by atoms with E-state index in [9.17, 15) is 15.3 Å². The van der Waals surface area contributed by atoms with Crippen molar-refractivity contribution in [3.63, 3.8) is 0 Å². The van der Waals surface area contributed by atoms with E-state index in [0.717, 1.165) is 33.8 Å². The number of hydrogen-bond acceptors (Lipinski definition) is 12. The summed E-state index contributed by atoms with van der Waals surface area (Å²) in [6.45, 7) is 2.72. The van der Waals surface area contributed by atoms with E-state index in [1.54, 1.807) is 25.3 Å². The van der Waals surface area contributed by atoms with E-state index >= 15 is 0 Å². The second kappa shape index (κ2) is 14.3. The standard InChI is InChI=1S/C20H20O6.C20H22O6/c1-22-17-6-11(2-4-15(17)21)19-13-8-24-20(14(13)9-23-19)12-3-5-16-18(7-12)26-10-25-16;1-23-17-7-11(3-5-15(17)21)19-13-9-26-20(14(13)10-25-19)12-4-6-16(22)18(8-12)24-2/h2-7,13-14,19-21H,8-10H2,1H3;3-8,13-14,19-22H,9-10H2,1-2H3. The van der Waals surface area contributed by atoms with E-state index in [-0.39, 0.29) is 72.1 Å². The van der Waals surface area contributed by atoms with Crippen LogP contribution in [0.1, 0.15) is 46.7 Å². The van der Waals surface area contributed by atoms with Crippen LogP contribution in [0.5, 0.6) is 46.0 Å². The Bertz CT molecular complexity index is 1710. The van der Waals surface area contributed by atoms with Crippen molar-refractivity contribution < 1.29 is 58.0 Å². The third-order valence-corrected chi connectivity index (χ3v) is 10.9. The minimum absolute atomic E-state index is 0.0153. The molecule has 8 unspecified atom stereocenters. The zero-order chi connectivity index (χ0) is 35.9. The van der Waals surface area contributed by atoms with Crippen LogP contribution in [0.15, 0.2) is 72.8 Å². The number of rotatable bonds is 7. The van der Waals surface area contributed by atoms with Crippen molar-refractivity contribution in [1.29, 1.82) is 0 Å². The molecule has 0 aliphatic carbocycles. The first-order chi connectivity index (χ1) is 25.4. The van der Waals surface area contributed by atoms with Crippen LogP contribution < -0.4 is 23.7 Å². The first kappa shape index (κ1) is 34.2. The van der Waals surface area contributed by atoms with Crippen LogP contribution in [0.4, 0.5) is 0 Å². The lowest BCUT2D eigenvalue weighted by atomic mass is 9.85. The Kier molecular flexibility index (Phi) is 9.39. The number of phenols is 3. The van der Waals surface area contributed by atoms with Crippen LogP contribution in [-0.2, 0) is 18.9 Å². The molecule has 0 saturated carbocycles. The highest BCUT2D eigenvalue weighted by atomic mass is 16.7. The summed E-state index contributed by atoms with van der Waals surface area (Å²) >= 11 is 0. The lowest BCUT2D eigenvalue weighted by molar-refractivity contribution is 0.0190. The smallest absolute Gasteiger partial charge is 0.231 e.